The van der Waals surface area contributed by atoms with E-state index in [-0.39, 0.29) is 6.10 Å². The number of para-hydroxylation sites is 1. The predicted octanol–water partition coefficient (Wildman–Crippen LogP) is 4.24. The number of nitrogen functional groups attached to an aromatic ring is 1. The van der Waals surface area contributed by atoms with Crippen LogP contribution in [0.2, 0.25) is 0 Å². The normalized spacial score (nSPS) is 17.9. The minimum absolute atomic E-state index is 0.129. The monoisotopic (exact) mass is 302 g/mol. The molecule has 0 spiro atoms. The fourth-order valence-electron chi connectivity index (χ4n) is 2.98. The zero-order valence-corrected chi connectivity index (χ0v) is 13.6. The van der Waals surface area contributed by atoms with Crippen molar-refractivity contribution < 1.29 is 4.74 Å². The third kappa shape index (κ3) is 2.60. The quantitative estimate of drug-likeness (QED) is 0.862. The van der Waals surface area contributed by atoms with Crippen molar-refractivity contribution in [3.8, 4) is 5.75 Å². The molecule has 3 nitrogen and oxygen atoms in total. The molecule has 0 saturated carbocycles. The Morgan fingerprint density at radius 1 is 1.33 bits per heavy atom. The van der Waals surface area contributed by atoms with E-state index in [1.165, 1.54) is 10.4 Å². The van der Waals surface area contributed by atoms with Crippen LogP contribution < -0.4 is 15.4 Å². The van der Waals surface area contributed by atoms with Crippen molar-refractivity contribution in [2.45, 2.75) is 39.3 Å². The topological polar surface area (TPSA) is 38.5 Å². The molecule has 0 saturated heterocycles. The summed E-state index contributed by atoms with van der Waals surface area (Å²) in [4.78, 5) is 3.89. The van der Waals surface area contributed by atoms with Crippen LogP contribution in [0.4, 0.5) is 11.4 Å². The smallest absolute Gasteiger partial charge is 0.144 e. The van der Waals surface area contributed by atoms with Crippen LogP contribution in [0.25, 0.3) is 0 Å². The van der Waals surface area contributed by atoms with Crippen molar-refractivity contribution >= 4 is 22.7 Å². The second kappa shape index (κ2) is 5.60. The highest BCUT2D eigenvalue weighted by Gasteiger charge is 2.26. The number of rotatable bonds is 3. The van der Waals surface area contributed by atoms with Crippen molar-refractivity contribution in [1.82, 2.24) is 0 Å². The van der Waals surface area contributed by atoms with E-state index in [0.29, 0.717) is 6.04 Å². The number of fused-ring (bicyclic) bond motifs is 1. The van der Waals surface area contributed by atoms with Crippen LogP contribution in [0.1, 0.15) is 37.3 Å². The Bertz CT molecular complexity index is 635. The van der Waals surface area contributed by atoms with Gasteiger partial charge in [0.25, 0.3) is 0 Å². The lowest BCUT2D eigenvalue weighted by molar-refractivity contribution is 0.244. The lowest BCUT2D eigenvalue weighted by Crippen LogP contribution is -2.33. The van der Waals surface area contributed by atoms with Crippen molar-refractivity contribution in [3.63, 3.8) is 0 Å². The summed E-state index contributed by atoms with van der Waals surface area (Å²) < 4.78 is 5.82. The van der Waals surface area contributed by atoms with Gasteiger partial charge in [-0.3, -0.25) is 0 Å². The lowest BCUT2D eigenvalue weighted by atomic mass is 10.0. The average Bonchev–Trinajstić information content (AvgIpc) is 2.91. The molecule has 0 fully saturated rings. The minimum atomic E-state index is 0.129. The third-order valence-electron chi connectivity index (χ3n) is 3.99. The van der Waals surface area contributed by atoms with Gasteiger partial charge in [-0.1, -0.05) is 6.07 Å². The molecule has 1 atom stereocenters. The molecule has 1 unspecified atom stereocenters. The predicted molar refractivity (Wildman–Crippen MR) is 90.4 cm³/mol. The highest BCUT2D eigenvalue weighted by Crippen LogP contribution is 2.40. The number of nitrogens with zero attached hydrogens (tertiary/aromatic N) is 1. The molecule has 112 valence electrons. The fourth-order valence-corrected chi connectivity index (χ4v) is 3.94. The van der Waals surface area contributed by atoms with E-state index in [9.17, 15) is 0 Å². The van der Waals surface area contributed by atoms with Crippen LogP contribution >= 0.6 is 11.3 Å². The Hall–Kier alpha value is -1.68. The number of hydrogen-bond donors (Lipinski definition) is 1. The first-order valence-electron chi connectivity index (χ1n) is 7.46. The third-order valence-corrected chi connectivity index (χ3v) is 4.99. The molecule has 1 aromatic heterocycles. The second-order valence-electron chi connectivity index (χ2n) is 5.77. The van der Waals surface area contributed by atoms with Crippen LogP contribution in [0.3, 0.4) is 0 Å². The van der Waals surface area contributed by atoms with E-state index in [1.807, 2.05) is 37.3 Å². The average molecular weight is 302 g/mol. The Kier molecular flexibility index (Phi) is 3.81. The van der Waals surface area contributed by atoms with Crippen LogP contribution in [-0.2, 0) is 6.42 Å². The van der Waals surface area contributed by atoms with Gasteiger partial charge in [-0.05, 0) is 56.3 Å². The molecule has 1 aliphatic rings. The summed E-state index contributed by atoms with van der Waals surface area (Å²) in [6.07, 6.45) is 1.22. The summed E-state index contributed by atoms with van der Waals surface area (Å²) in [6.45, 7) is 7.30. The highest BCUT2D eigenvalue weighted by atomic mass is 32.1. The summed E-state index contributed by atoms with van der Waals surface area (Å²) in [5, 5.41) is 2.19. The number of anilines is 2. The molecule has 0 amide bonds. The summed E-state index contributed by atoms with van der Waals surface area (Å²) in [5.41, 5.74) is 9.62. The summed E-state index contributed by atoms with van der Waals surface area (Å²) in [5.74, 6) is 0.783. The van der Waals surface area contributed by atoms with Gasteiger partial charge in [0.15, 0.2) is 0 Å². The maximum atomic E-state index is 6.36. The summed E-state index contributed by atoms with van der Waals surface area (Å²) >= 11 is 1.86. The first-order valence-corrected chi connectivity index (χ1v) is 8.34. The first kappa shape index (κ1) is 14.3. The SMILES string of the molecule is CC(C)Oc1cccc(N2CCc3sccc3C2C)c1N. The number of nitrogens with two attached hydrogens (primary N) is 1. The molecule has 1 aliphatic heterocycles. The molecule has 0 bridgehead atoms. The zero-order chi connectivity index (χ0) is 15.0. The second-order valence-corrected chi connectivity index (χ2v) is 6.77. The molecule has 2 aromatic rings. The maximum absolute atomic E-state index is 6.36. The number of benzene rings is 1. The molecular formula is C17H22N2OS. The highest BCUT2D eigenvalue weighted by molar-refractivity contribution is 7.10. The van der Waals surface area contributed by atoms with Gasteiger partial charge in [0.05, 0.1) is 23.5 Å². The van der Waals surface area contributed by atoms with E-state index in [4.69, 9.17) is 10.5 Å². The van der Waals surface area contributed by atoms with Gasteiger partial charge in [0.2, 0.25) is 0 Å². The van der Waals surface area contributed by atoms with Gasteiger partial charge in [0.1, 0.15) is 5.75 Å². The largest absolute Gasteiger partial charge is 0.489 e. The van der Waals surface area contributed by atoms with Gasteiger partial charge in [-0.25, -0.2) is 0 Å². The molecule has 0 radical (unpaired) electrons. The van der Waals surface area contributed by atoms with Crippen molar-refractivity contribution in [3.05, 3.63) is 40.1 Å². The van der Waals surface area contributed by atoms with Gasteiger partial charge in [-0.15, -0.1) is 11.3 Å². The van der Waals surface area contributed by atoms with E-state index in [2.05, 4.69) is 29.3 Å². The molecule has 3 rings (SSSR count). The van der Waals surface area contributed by atoms with E-state index >= 15 is 0 Å². The van der Waals surface area contributed by atoms with Crippen LogP contribution in [0, 0.1) is 0 Å². The van der Waals surface area contributed by atoms with Crippen LogP contribution in [0.15, 0.2) is 29.6 Å². The van der Waals surface area contributed by atoms with Crippen LogP contribution in [-0.4, -0.2) is 12.6 Å². The molecule has 4 heteroatoms. The molecule has 2 N–H and O–H groups in total. The Morgan fingerprint density at radius 2 is 2.14 bits per heavy atom. The first-order chi connectivity index (χ1) is 10.1. The van der Waals surface area contributed by atoms with Crippen molar-refractivity contribution in [2.24, 2.45) is 0 Å². The van der Waals surface area contributed by atoms with Gasteiger partial charge in [0, 0.05) is 11.4 Å². The number of ether oxygens (including phenoxy) is 1. The molecule has 1 aromatic carbocycles. The fraction of sp³-hybridized carbons (Fsp3) is 0.412. The summed E-state index contributed by atoms with van der Waals surface area (Å²) in [6, 6.07) is 8.66. The van der Waals surface area contributed by atoms with Gasteiger partial charge in [-0.2, -0.15) is 0 Å². The standard InChI is InChI=1S/C17H22N2OS/c1-11(2)20-15-6-4-5-14(17(15)18)19-9-7-16-13(12(19)3)8-10-21-16/h4-6,8,10-12H,7,9,18H2,1-3H3. The van der Waals surface area contributed by atoms with Crippen LogP contribution in [0.5, 0.6) is 5.75 Å². The van der Waals surface area contributed by atoms with E-state index in [1.54, 1.807) is 0 Å². The van der Waals surface area contributed by atoms with Gasteiger partial charge < -0.3 is 15.4 Å². The Morgan fingerprint density at radius 3 is 2.90 bits per heavy atom. The lowest BCUT2D eigenvalue weighted by Gasteiger charge is -2.36. The summed E-state index contributed by atoms with van der Waals surface area (Å²) in [7, 11) is 0. The number of thiophene rings is 1. The molecule has 21 heavy (non-hydrogen) atoms. The van der Waals surface area contributed by atoms with E-state index < -0.39 is 0 Å². The molecule has 0 aliphatic carbocycles. The maximum Gasteiger partial charge on any atom is 0.144 e. The molecular weight excluding hydrogens is 280 g/mol. The zero-order valence-electron chi connectivity index (χ0n) is 12.8. The van der Waals surface area contributed by atoms with Crippen molar-refractivity contribution in [2.75, 3.05) is 17.2 Å². The Labute approximate surface area is 130 Å². The van der Waals surface area contributed by atoms with E-state index in [0.717, 1.165) is 30.1 Å². The van der Waals surface area contributed by atoms with Crippen molar-refractivity contribution in [1.29, 1.82) is 0 Å². The van der Waals surface area contributed by atoms with Gasteiger partial charge >= 0.3 is 0 Å². The number of hydrogen-bond acceptors (Lipinski definition) is 4. The minimum Gasteiger partial charge on any atom is -0.489 e. The molecule has 2 heterocycles. The Balaban J connectivity index is 1.94.